The van der Waals surface area contributed by atoms with Gasteiger partial charge in [0.05, 0.1) is 26.2 Å². The fourth-order valence-electron chi connectivity index (χ4n) is 2.71. The maximum atomic E-state index is 13.8. The summed E-state index contributed by atoms with van der Waals surface area (Å²) in [5, 5.41) is 8.09. The van der Waals surface area contributed by atoms with Gasteiger partial charge < -0.3 is 10.2 Å². The molecule has 0 unspecified atom stereocenters. The third-order valence-electron chi connectivity index (χ3n) is 4.08. The van der Waals surface area contributed by atoms with Crippen molar-refractivity contribution in [2.75, 3.05) is 38.5 Å². The van der Waals surface area contributed by atoms with Crippen molar-refractivity contribution in [1.82, 2.24) is 14.1 Å². The van der Waals surface area contributed by atoms with Gasteiger partial charge in [0, 0.05) is 7.05 Å². The summed E-state index contributed by atoms with van der Waals surface area (Å²) in [5.74, 6) is -0.717. The summed E-state index contributed by atoms with van der Waals surface area (Å²) >= 11 is 6.69. The minimum atomic E-state index is -3.80. The van der Waals surface area contributed by atoms with Crippen LogP contribution in [0.15, 0.2) is 29.2 Å². The van der Waals surface area contributed by atoms with Crippen LogP contribution >= 0.6 is 23.6 Å². The predicted molar refractivity (Wildman–Crippen MR) is 96.3 cm³/mol. The SMILES string of the molecule is CNc1nn(C[NH+]2CCN(S(=O)(=O)c3ccccc3F)CC2)c(=S)s1. The highest BCUT2D eigenvalue weighted by Crippen LogP contribution is 2.18. The largest absolute Gasteiger partial charge is 0.363 e. The molecule has 1 fully saturated rings. The molecule has 0 spiro atoms. The molecule has 0 radical (unpaired) electrons. The van der Waals surface area contributed by atoms with Crippen molar-refractivity contribution in [1.29, 1.82) is 0 Å². The molecule has 136 valence electrons. The van der Waals surface area contributed by atoms with Crippen molar-refractivity contribution >= 4 is 38.7 Å². The molecule has 0 bridgehead atoms. The van der Waals surface area contributed by atoms with E-state index in [0.717, 1.165) is 11.2 Å². The van der Waals surface area contributed by atoms with Crippen LogP contribution in [0.4, 0.5) is 9.52 Å². The Labute approximate surface area is 154 Å². The van der Waals surface area contributed by atoms with E-state index in [1.807, 2.05) is 0 Å². The van der Waals surface area contributed by atoms with E-state index in [1.54, 1.807) is 11.7 Å². The second-order valence-electron chi connectivity index (χ2n) is 5.67. The number of benzene rings is 1. The number of rotatable bonds is 5. The first-order valence-electron chi connectivity index (χ1n) is 7.76. The van der Waals surface area contributed by atoms with E-state index in [9.17, 15) is 12.8 Å². The van der Waals surface area contributed by atoms with Gasteiger partial charge in [-0.2, -0.15) is 8.99 Å². The molecule has 1 aromatic heterocycles. The van der Waals surface area contributed by atoms with E-state index >= 15 is 0 Å². The molecule has 2 heterocycles. The number of quaternary nitrogens is 1. The smallest absolute Gasteiger partial charge is 0.246 e. The van der Waals surface area contributed by atoms with Crippen LogP contribution in [0.25, 0.3) is 0 Å². The number of nitrogens with zero attached hydrogens (tertiary/aromatic N) is 3. The molecule has 0 saturated carbocycles. The third-order valence-corrected chi connectivity index (χ3v) is 7.33. The van der Waals surface area contributed by atoms with E-state index in [-0.39, 0.29) is 4.90 Å². The van der Waals surface area contributed by atoms with Crippen molar-refractivity contribution in [3.8, 4) is 0 Å². The Morgan fingerprint density at radius 2 is 2.04 bits per heavy atom. The van der Waals surface area contributed by atoms with Crippen molar-refractivity contribution < 1.29 is 17.7 Å². The van der Waals surface area contributed by atoms with Crippen molar-refractivity contribution in [3.05, 3.63) is 34.0 Å². The highest BCUT2D eigenvalue weighted by Gasteiger charge is 2.32. The minimum absolute atomic E-state index is 0.265. The van der Waals surface area contributed by atoms with Gasteiger partial charge in [0.2, 0.25) is 15.2 Å². The van der Waals surface area contributed by atoms with Crippen LogP contribution in [-0.4, -0.2) is 55.7 Å². The van der Waals surface area contributed by atoms with Gasteiger partial charge in [0.25, 0.3) is 0 Å². The van der Waals surface area contributed by atoms with Gasteiger partial charge in [0.1, 0.15) is 10.7 Å². The first-order chi connectivity index (χ1) is 11.9. The van der Waals surface area contributed by atoms with Crippen LogP contribution in [0.1, 0.15) is 0 Å². The molecule has 2 N–H and O–H groups in total. The summed E-state index contributed by atoms with van der Waals surface area (Å²) in [4.78, 5) is 0.919. The number of hydrogen-bond acceptors (Lipinski definition) is 6. The lowest BCUT2D eigenvalue weighted by atomic mass is 10.3. The molecule has 25 heavy (non-hydrogen) atoms. The second kappa shape index (κ2) is 7.46. The molecule has 7 nitrogen and oxygen atoms in total. The summed E-state index contributed by atoms with van der Waals surface area (Å²) in [5.41, 5.74) is 0. The Bertz CT molecular complexity index is 903. The number of aromatic nitrogens is 2. The molecule has 1 aliphatic heterocycles. The predicted octanol–water partition coefficient (Wildman–Crippen LogP) is 0.402. The Kier molecular flexibility index (Phi) is 5.49. The molecule has 0 aliphatic carbocycles. The summed E-state index contributed by atoms with van der Waals surface area (Å²) in [6, 6.07) is 5.48. The van der Waals surface area contributed by atoms with E-state index in [4.69, 9.17) is 12.2 Å². The average molecular weight is 405 g/mol. The molecule has 1 saturated heterocycles. The zero-order valence-electron chi connectivity index (χ0n) is 13.6. The number of halogens is 1. The highest BCUT2D eigenvalue weighted by atomic mass is 32.2. The van der Waals surface area contributed by atoms with Crippen LogP contribution in [0.5, 0.6) is 0 Å². The third kappa shape index (κ3) is 3.90. The van der Waals surface area contributed by atoms with Crippen molar-refractivity contribution in [3.63, 3.8) is 0 Å². The molecule has 0 amide bonds. The lowest BCUT2D eigenvalue weighted by Gasteiger charge is -2.31. The molecule has 2 aromatic rings. The quantitative estimate of drug-likeness (QED) is 0.706. The minimum Gasteiger partial charge on any atom is -0.363 e. The van der Waals surface area contributed by atoms with Crippen LogP contribution in [0.2, 0.25) is 0 Å². The number of sulfonamides is 1. The van der Waals surface area contributed by atoms with Crippen LogP contribution in [-0.2, 0) is 16.7 Å². The van der Waals surface area contributed by atoms with E-state index in [1.165, 1.54) is 38.7 Å². The molecule has 11 heteroatoms. The molecule has 1 aliphatic rings. The average Bonchev–Trinajstić information content (AvgIpc) is 2.95. The number of anilines is 1. The fraction of sp³-hybridized carbons (Fsp3) is 0.429. The monoisotopic (exact) mass is 404 g/mol. The van der Waals surface area contributed by atoms with Crippen molar-refractivity contribution in [2.45, 2.75) is 11.6 Å². The maximum Gasteiger partial charge on any atom is 0.246 e. The van der Waals surface area contributed by atoms with E-state index in [2.05, 4.69) is 10.4 Å². The molecule has 3 rings (SSSR count). The molecular formula is C14H19FN5O2S3+. The van der Waals surface area contributed by atoms with Gasteiger partial charge in [-0.3, -0.25) is 0 Å². The number of hydrogen-bond donors (Lipinski definition) is 2. The molecule has 1 aromatic carbocycles. The van der Waals surface area contributed by atoms with Gasteiger partial charge in [0.15, 0.2) is 10.6 Å². The zero-order chi connectivity index (χ0) is 18.0. The Morgan fingerprint density at radius 1 is 1.36 bits per heavy atom. The lowest BCUT2D eigenvalue weighted by Crippen LogP contribution is -3.14. The first kappa shape index (κ1) is 18.4. The first-order valence-corrected chi connectivity index (χ1v) is 10.4. The van der Waals surface area contributed by atoms with E-state index < -0.39 is 15.8 Å². The van der Waals surface area contributed by atoms with Crippen molar-refractivity contribution in [2.24, 2.45) is 0 Å². The van der Waals surface area contributed by atoms with Gasteiger partial charge >= 0.3 is 0 Å². The van der Waals surface area contributed by atoms with E-state index in [0.29, 0.717) is 36.8 Å². The Morgan fingerprint density at radius 3 is 2.64 bits per heavy atom. The number of nitrogens with one attached hydrogen (secondary N) is 2. The van der Waals surface area contributed by atoms with Crippen LogP contribution in [0.3, 0.4) is 0 Å². The second-order valence-corrected chi connectivity index (χ2v) is 9.19. The topological polar surface area (TPSA) is 71.7 Å². The van der Waals surface area contributed by atoms with Gasteiger partial charge in [-0.05, 0) is 24.4 Å². The number of piperazine rings is 1. The summed E-state index contributed by atoms with van der Waals surface area (Å²) < 4.78 is 42.8. The lowest BCUT2D eigenvalue weighted by molar-refractivity contribution is -0.926. The van der Waals surface area contributed by atoms with Gasteiger partial charge in [-0.25, -0.2) is 12.8 Å². The Hall–Kier alpha value is -1.40. The summed E-state index contributed by atoms with van der Waals surface area (Å²) in [7, 11) is -2.01. The molecule has 0 atom stereocenters. The normalized spacial score (nSPS) is 16.9. The van der Waals surface area contributed by atoms with Crippen LogP contribution in [0, 0.1) is 9.77 Å². The Balaban J connectivity index is 1.66. The highest BCUT2D eigenvalue weighted by molar-refractivity contribution is 7.89. The van der Waals surface area contributed by atoms with Gasteiger partial charge in [-0.1, -0.05) is 23.5 Å². The maximum absolute atomic E-state index is 13.8. The summed E-state index contributed by atoms with van der Waals surface area (Å²) in [6.07, 6.45) is 0. The fourth-order valence-corrected chi connectivity index (χ4v) is 5.18. The molecular weight excluding hydrogens is 385 g/mol. The summed E-state index contributed by atoms with van der Waals surface area (Å²) in [6.45, 7) is 2.49. The zero-order valence-corrected chi connectivity index (χ0v) is 16.1. The van der Waals surface area contributed by atoms with Crippen LogP contribution < -0.4 is 10.2 Å². The standard InChI is InChI=1S/C14H18FN5O2S3/c1-16-13-17-20(14(23)24-13)10-18-6-8-19(9-7-18)25(21,22)12-5-3-2-4-11(12)15/h2-5H,6-10H2,1H3,(H,16,17)/p+1. The van der Waals surface area contributed by atoms with Gasteiger partial charge in [-0.15, -0.1) is 5.10 Å².